The van der Waals surface area contributed by atoms with E-state index in [0.29, 0.717) is 6.61 Å². The molecule has 1 saturated heterocycles. The molecule has 0 N–H and O–H groups in total. The Morgan fingerprint density at radius 1 is 1.38 bits per heavy atom. The number of allylic oxidation sites excluding steroid dienone is 2. The Labute approximate surface area is 94.6 Å². The van der Waals surface area contributed by atoms with Gasteiger partial charge < -0.3 is 4.74 Å². The highest BCUT2D eigenvalue weighted by Gasteiger charge is 2.32. The summed E-state index contributed by atoms with van der Waals surface area (Å²) in [5, 5.41) is 0. The van der Waals surface area contributed by atoms with E-state index >= 15 is 0 Å². The fourth-order valence-electron chi connectivity index (χ4n) is 1.68. The van der Waals surface area contributed by atoms with Crippen LogP contribution in [0.25, 0.3) is 0 Å². The number of ether oxygens (including phenoxy) is 1. The number of nitrogens with zero attached hydrogens (tertiary/aromatic N) is 1. The normalized spacial score (nSPS) is 20.1. The van der Waals surface area contributed by atoms with E-state index in [-0.39, 0.29) is 12.1 Å². The van der Waals surface area contributed by atoms with Crippen LogP contribution in [0.1, 0.15) is 11.6 Å². The third-order valence-corrected chi connectivity index (χ3v) is 2.48. The third kappa shape index (κ3) is 1.98. The molecule has 3 nitrogen and oxygen atoms in total. The van der Waals surface area contributed by atoms with Crippen molar-refractivity contribution in [3.05, 3.63) is 60.8 Å². The molecule has 1 aliphatic heterocycles. The lowest BCUT2D eigenvalue weighted by Gasteiger charge is -2.17. The van der Waals surface area contributed by atoms with Crippen LogP contribution in [0, 0.1) is 0 Å². The summed E-state index contributed by atoms with van der Waals surface area (Å²) in [7, 11) is 0. The number of cyclic esters (lactones) is 1. The quantitative estimate of drug-likeness (QED) is 0.725. The van der Waals surface area contributed by atoms with Gasteiger partial charge in [-0.1, -0.05) is 43.0 Å². The van der Waals surface area contributed by atoms with E-state index in [2.05, 4.69) is 6.58 Å². The van der Waals surface area contributed by atoms with Crippen LogP contribution in [-0.4, -0.2) is 17.6 Å². The SMILES string of the molecule is C=C/C=C/N1C(=O)OCC1c1ccccc1. The highest BCUT2D eigenvalue weighted by molar-refractivity contribution is 5.71. The summed E-state index contributed by atoms with van der Waals surface area (Å²) in [6.07, 6.45) is 4.74. The van der Waals surface area contributed by atoms with Gasteiger partial charge in [-0.25, -0.2) is 4.79 Å². The molecule has 1 aromatic rings. The summed E-state index contributed by atoms with van der Waals surface area (Å²) in [6, 6.07) is 9.79. The molecule has 0 aliphatic carbocycles. The van der Waals surface area contributed by atoms with E-state index in [4.69, 9.17) is 4.74 Å². The largest absolute Gasteiger partial charge is 0.447 e. The van der Waals surface area contributed by atoms with Gasteiger partial charge in [-0.2, -0.15) is 0 Å². The van der Waals surface area contributed by atoms with Crippen molar-refractivity contribution < 1.29 is 9.53 Å². The van der Waals surface area contributed by atoms with Crippen molar-refractivity contribution >= 4 is 6.09 Å². The minimum absolute atomic E-state index is 0.0371. The predicted molar refractivity (Wildman–Crippen MR) is 61.7 cm³/mol. The summed E-state index contributed by atoms with van der Waals surface area (Å²) in [4.78, 5) is 13.1. The van der Waals surface area contributed by atoms with Gasteiger partial charge in [-0.05, 0) is 11.6 Å². The molecule has 16 heavy (non-hydrogen) atoms. The maximum atomic E-state index is 11.5. The molecule has 0 saturated carbocycles. The summed E-state index contributed by atoms with van der Waals surface area (Å²) in [6.45, 7) is 3.97. The molecule has 1 heterocycles. The highest BCUT2D eigenvalue weighted by atomic mass is 16.6. The van der Waals surface area contributed by atoms with Crippen LogP contribution in [-0.2, 0) is 4.74 Å². The van der Waals surface area contributed by atoms with Crippen LogP contribution in [0.2, 0.25) is 0 Å². The van der Waals surface area contributed by atoms with Gasteiger partial charge in [0, 0.05) is 6.20 Å². The van der Waals surface area contributed by atoms with Crippen molar-refractivity contribution in [1.29, 1.82) is 0 Å². The van der Waals surface area contributed by atoms with E-state index in [9.17, 15) is 4.79 Å². The number of hydrogen-bond acceptors (Lipinski definition) is 2. The van der Waals surface area contributed by atoms with E-state index in [0.717, 1.165) is 5.56 Å². The lowest BCUT2D eigenvalue weighted by Crippen LogP contribution is -2.21. The lowest BCUT2D eigenvalue weighted by atomic mass is 10.1. The molecule has 0 radical (unpaired) electrons. The number of carbonyl (C=O) groups is 1. The Hall–Kier alpha value is -2.03. The van der Waals surface area contributed by atoms with Crippen molar-refractivity contribution in [1.82, 2.24) is 4.90 Å². The predicted octanol–water partition coefficient (Wildman–Crippen LogP) is 2.88. The third-order valence-electron chi connectivity index (χ3n) is 2.48. The molecule has 0 aromatic heterocycles. The van der Waals surface area contributed by atoms with E-state index in [1.807, 2.05) is 30.3 Å². The Kier molecular flexibility index (Phi) is 3.05. The average Bonchev–Trinajstić information content (AvgIpc) is 2.69. The second-order valence-corrected chi connectivity index (χ2v) is 3.49. The fraction of sp³-hybridized carbons (Fsp3) is 0.154. The maximum absolute atomic E-state index is 11.5. The van der Waals surface area contributed by atoms with E-state index in [1.54, 1.807) is 23.3 Å². The van der Waals surface area contributed by atoms with Gasteiger partial charge in [0.25, 0.3) is 0 Å². The van der Waals surface area contributed by atoms with Gasteiger partial charge in [0.15, 0.2) is 0 Å². The molecule has 1 unspecified atom stereocenters. The zero-order chi connectivity index (χ0) is 11.4. The van der Waals surface area contributed by atoms with Gasteiger partial charge in [-0.3, -0.25) is 4.90 Å². The van der Waals surface area contributed by atoms with E-state index < -0.39 is 0 Å². The van der Waals surface area contributed by atoms with Gasteiger partial charge in [-0.15, -0.1) is 0 Å². The number of amides is 1. The summed E-state index contributed by atoms with van der Waals surface area (Å²) >= 11 is 0. The van der Waals surface area contributed by atoms with Crippen LogP contribution < -0.4 is 0 Å². The molecule has 1 aromatic carbocycles. The van der Waals surface area contributed by atoms with Crippen LogP contribution in [0.3, 0.4) is 0 Å². The highest BCUT2D eigenvalue weighted by Crippen LogP contribution is 2.27. The van der Waals surface area contributed by atoms with Gasteiger partial charge in [0.1, 0.15) is 6.61 Å². The Balaban J connectivity index is 2.24. The first-order chi connectivity index (χ1) is 7.83. The number of rotatable bonds is 3. The van der Waals surface area contributed by atoms with Crippen molar-refractivity contribution in [2.45, 2.75) is 6.04 Å². The second-order valence-electron chi connectivity index (χ2n) is 3.49. The number of benzene rings is 1. The second kappa shape index (κ2) is 4.66. The molecule has 1 aliphatic rings. The molecule has 2 rings (SSSR count). The smallest absolute Gasteiger partial charge is 0.414 e. The fourth-order valence-corrected chi connectivity index (χ4v) is 1.68. The molecular formula is C13H13NO2. The number of carbonyl (C=O) groups excluding carboxylic acids is 1. The van der Waals surface area contributed by atoms with Crippen LogP contribution in [0.4, 0.5) is 4.79 Å². The van der Waals surface area contributed by atoms with Gasteiger partial charge in [0.05, 0.1) is 6.04 Å². The standard InChI is InChI=1S/C13H13NO2/c1-2-3-9-14-12(10-16-13(14)15)11-7-5-4-6-8-11/h2-9,12H,1,10H2/b9-3+. The first kappa shape index (κ1) is 10.5. The summed E-state index contributed by atoms with van der Waals surface area (Å²) in [5.41, 5.74) is 1.07. The molecule has 82 valence electrons. The number of hydrogen-bond donors (Lipinski definition) is 0. The van der Waals surface area contributed by atoms with Crippen molar-refractivity contribution in [3.63, 3.8) is 0 Å². The first-order valence-corrected chi connectivity index (χ1v) is 5.12. The minimum atomic E-state index is -0.313. The molecular weight excluding hydrogens is 202 g/mol. The average molecular weight is 215 g/mol. The maximum Gasteiger partial charge on any atom is 0.414 e. The topological polar surface area (TPSA) is 29.5 Å². The molecule has 1 fully saturated rings. The Bertz CT molecular complexity index is 411. The van der Waals surface area contributed by atoms with Crippen LogP contribution in [0.5, 0.6) is 0 Å². The lowest BCUT2D eigenvalue weighted by molar-refractivity contribution is 0.166. The first-order valence-electron chi connectivity index (χ1n) is 5.12. The van der Waals surface area contributed by atoms with Gasteiger partial charge in [0.2, 0.25) is 0 Å². The Morgan fingerprint density at radius 3 is 2.81 bits per heavy atom. The van der Waals surface area contributed by atoms with Crippen molar-refractivity contribution in [2.75, 3.05) is 6.61 Å². The zero-order valence-electron chi connectivity index (χ0n) is 8.87. The van der Waals surface area contributed by atoms with Crippen molar-refractivity contribution in [3.8, 4) is 0 Å². The Morgan fingerprint density at radius 2 is 2.12 bits per heavy atom. The zero-order valence-corrected chi connectivity index (χ0v) is 8.87. The minimum Gasteiger partial charge on any atom is -0.447 e. The molecule has 3 heteroatoms. The van der Waals surface area contributed by atoms with Crippen LogP contribution in [0.15, 0.2) is 55.3 Å². The van der Waals surface area contributed by atoms with Gasteiger partial charge >= 0.3 is 6.09 Å². The monoisotopic (exact) mass is 215 g/mol. The summed E-state index contributed by atoms with van der Waals surface area (Å²) < 4.78 is 5.03. The summed E-state index contributed by atoms with van der Waals surface area (Å²) in [5.74, 6) is 0. The van der Waals surface area contributed by atoms with E-state index in [1.165, 1.54) is 0 Å². The van der Waals surface area contributed by atoms with Crippen LogP contribution >= 0.6 is 0 Å². The molecule has 0 bridgehead atoms. The van der Waals surface area contributed by atoms with Crippen molar-refractivity contribution in [2.24, 2.45) is 0 Å². The molecule has 0 spiro atoms. The molecule has 1 amide bonds. The molecule has 1 atom stereocenters.